The topological polar surface area (TPSA) is 37.8 Å². The van der Waals surface area contributed by atoms with Gasteiger partial charge in [-0.15, -0.1) is 0 Å². The molecule has 1 N–H and O–H groups in total. The lowest BCUT2D eigenvalue weighted by atomic mass is 10.0. The molecule has 19 heavy (non-hydrogen) atoms. The van der Waals surface area contributed by atoms with Crippen molar-refractivity contribution in [1.29, 1.82) is 0 Å². The van der Waals surface area contributed by atoms with Crippen molar-refractivity contribution in [2.24, 2.45) is 0 Å². The van der Waals surface area contributed by atoms with Crippen LogP contribution < -0.4 is 5.32 Å². The molecule has 5 heteroatoms. The van der Waals surface area contributed by atoms with Crippen LogP contribution in [0.4, 0.5) is 0 Å². The molecule has 0 radical (unpaired) electrons. The molecule has 0 aliphatic heterocycles. The smallest absolute Gasteiger partial charge is 0.115 e. The Balaban J connectivity index is 2.27. The van der Waals surface area contributed by atoms with Gasteiger partial charge in [0.05, 0.1) is 11.7 Å². The lowest BCUT2D eigenvalue weighted by molar-refractivity contribution is 0.535. The van der Waals surface area contributed by atoms with Gasteiger partial charge in [-0.2, -0.15) is 0 Å². The first-order chi connectivity index (χ1) is 9.22. The second kappa shape index (κ2) is 6.85. The number of likely N-dealkylation sites (N-methyl/N-ethyl adjacent to an activating group) is 1. The van der Waals surface area contributed by atoms with Crippen LogP contribution >= 0.6 is 23.2 Å². The summed E-state index contributed by atoms with van der Waals surface area (Å²) in [5.74, 6) is 0. The van der Waals surface area contributed by atoms with E-state index in [-0.39, 0.29) is 6.04 Å². The summed E-state index contributed by atoms with van der Waals surface area (Å²) < 4.78 is 0. The van der Waals surface area contributed by atoms with Crippen molar-refractivity contribution in [3.05, 3.63) is 58.1 Å². The quantitative estimate of drug-likeness (QED) is 0.914. The fourth-order valence-electron chi connectivity index (χ4n) is 1.97. The van der Waals surface area contributed by atoms with Crippen LogP contribution in [0.25, 0.3) is 0 Å². The Labute approximate surface area is 123 Å². The molecule has 0 spiro atoms. The number of benzene rings is 1. The molecule has 0 fully saturated rings. The number of halogens is 2. The number of rotatable bonds is 5. The van der Waals surface area contributed by atoms with Crippen LogP contribution in [0.5, 0.6) is 0 Å². The molecule has 0 amide bonds. The predicted molar refractivity (Wildman–Crippen MR) is 78.6 cm³/mol. The van der Waals surface area contributed by atoms with Gasteiger partial charge in [0.25, 0.3) is 0 Å². The second-order valence-corrected chi connectivity index (χ2v) is 4.96. The number of hydrogen-bond acceptors (Lipinski definition) is 3. The normalized spacial score (nSPS) is 12.4. The molecule has 0 aliphatic rings. The molecular weight excluding hydrogens is 281 g/mol. The van der Waals surface area contributed by atoms with E-state index in [1.807, 2.05) is 24.3 Å². The number of aromatic nitrogens is 2. The highest BCUT2D eigenvalue weighted by Gasteiger charge is 2.16. The Morgan fingerprint density at radius 3 is 2.53 bits per heavy atom. The minimum Gasteiger partial charge on any atom is -0.309 e. The zero-order valence-electron chi connectivity index (χ0n) is 10.6. The summed E-state index contributed by atoms with van der Waals surface area (Å²) in [6, 6.07) is 7.53. The largest absolute Gasteiger partial charge is 0.309 e. The van der Waals surface area contributed by atoms with E-state index in [4.69, 9.17) is 23.2 Å². The van der Waals surface area contributed by atoms with Gasteiger partial charge < -0.3 is 5.32 Å². The van der Waals surface area contributed by atoms with E-state index in [1.54, 1.807) is 12.5 Å². The van der Waals surface area contributed by atoms with Crippen LogP contribution in [-0.4, -0.2) is 16.5 Å². The van der Waals surface area contributed by atoms with Crippen LogP contribution in [0.1, 0.15) is 24.2 Å². The lowest BCUT2D eigenvalue weighted by Crippen LogP contribution is -2.24. The van der Waals surface area contributed by atoms with Crippen LogP contribution in [0, 0.1) is 0 Å². The third kappa shape index (κ3) is 3.66. The summed E-state index contributed by atoms with van der Waals surface area (Å²) in [4.78, 5) is 8.23. The number of nitrogens with zero attached hydrogens (tertiary/aromatic N) is 2. The van der Waals surface area contributed by atoms with E-state index in [0.29, 0.717) is 16.5 Å². The number of nitrogens with one attached hydrogen (secondary N) is 1. The van der Waals surface area contributed by atoms with Gasteiger partial charge in [-0.1, -0.05) is 36.2 Å². The third-order valence-electron chi connectivity index (χ3n) is 2.88. The molecule has 1 atom stereocenters. The number of hydrogen-bond donors (Lipinski definition) is 1. The standard InChI is InChI=1S/C14H15Cl2N3/c1-2-18-14(13-6-7-17-9-19-13)8-10-11(15)4-3-5-12(10)16/h3-7,9,14,18H,2,8H2,1H3. The maximum absolute atomic E-state index is 6.22. The van der Waals surface area contributed by atoms with Crippen LogP contribution in [0.3, 0.4) is 0 Å². The van der Waals surface area contributed by atoms with Crippen molar-refractivity contribution in [2.75, 3.05) is 6.54 Å². The van der Waals surface area contributed by atoms with E-state index in [9.17, 15) is 0 Å². The molecule has 100 valence electrons. The van der Waals surface area contributed by atoms with Crippen molar-refractivity contribution < 1.29 is 0 Å². The van der Waals surface area contributed by atoms with Gasteiger partial charge in [-0.3, -0.25) is 0 Å². The highest BCUT2D eigenvalue weighted by Crippen LogP contribution is 2.28. The molecule has 0 saturated carbocycles. The first-order valence-electron chi connectivity index (χ1n) is 6.14. The van der Waals surface area contributed by atoms with Crippen molar-refractivity contribution in [3.63, 3.8) is 0 Å². The van der Waals surface area contributed by atoms with Gasteiger partial charge in [0, 0.05) is 16.2 Å². The summed E-state index contributed by atoms with van der Waals surface area (Å²) in [6.07, 6.45) is 3.98. The zero-order chi connectivity index (χ0) is 13.7. The van der Waals surface area contributed by atoms with Crippen molar-refractivity contribution >= 4 is 23.2 Å². The summed E-state index contributed by atoms with van der Waals surface area (Å²) in [6.45, 7) is 2.90. The average Bonchev–Trinajstić information content (AvgIpc) is 2.43. The Morgan fingerprint density at radius 1 is 1.21 bits per heavy atom. The molecule has 0 aliphatic carbocycles. The monoisotopic (exact) mass is 295 g/mol. The van der Waals surface area contributed by atoms with Crippen molar-refractivity contribution in [3.8, 4) is 0 Å². The van der Waals surface area contributed by atoms with E-state index in [0.717, 1.165) is 17.8 Å². The van der Waals surface area contributed by atoms with Gasteiger partial charge >= 0.3 is 0 Å². The molecular formula is C14H15Cl2N3. The maximum atomic E-state index is 6.22. The molecule has 1 aromatic heterocycles. The molecule has 2 rings (SSSR count). The fraction of sp³-hybridized carbons (Fsp3) is 0.286. The lowest BCUT2D eigenvalue weighted by Gasteiger charge is -2.18. The molecule has 0 saturated heterocycles. The second-order valence-electron chi connectivity index (χ2n) is 4.15. The van der Waals surface area contributed by atoms with Crippen LogP contribution in [0.2, 0.25) is 10.0 Å². The Kier molecular flexibility index (Phi) is 5.14. The highest BCUT2D eigenvalue weighted by atomic mass is 35.5. The summed E-state index contributed by atoms with van der Waals surface area (Å²) in [5, 5.41) is 4.76. The highest BCUT2D eigenvalue weighted by molar-refractivity contribution is 6.36. The first-order valence-corrected chi connectivity index (χ1v) is 6.90. The van der Waals surface area contributed by atoms with Crippen LogP contribution in [0.15, 0.2) is 36.8 Å². The predicted octanol–water partition coefficient (Wildman–Crippen LogP) is 3.68. The SMILES string of the molecule is CCNC(Cc1c(Cl)cccc1Cl)c1ccncn1. The molecule has 0 bridgehead atoms. The van der Waals surface area contributed by atoms with Gasteiger partial charge in [0.1, 0.15) is 6.33 Å². The molecule has 2 aromatic rings. The van der Waals surface area contributed by atoms with E-state index < -0.39 is 0 Å². The van der Waals surface area contributed by atoms with Crippen molar-refractivity contribution in [2.45, 2.75) is 19.4 Å². The Morgan fingerprint density at radius 2 is 1.95 bits per heavy atom. The molecule has 1 unspecified atom stereocenters. The van der Waals surface area contributed by atoms with Crippen molar-refractivity contribution in [1.82, 2.24) is 15.3 Å². The van der Waals surface area contributed by atoms with Gasteiger partial charge in [0.15, 0.2) is 0 Å². The van der Waals surface area contributed by atoms with E-state index >= 15 is 0 Å². The van der Waals surface area contributed by atoms with Gasteiger partial charge in [-0.05, 0) is 36.7 Å². The Bertz CT molecular complexity index is 511. The van der Waals surface area contributed by atoms with E-state index in [1.165, 1.54) is 0 Å². The molecule has 3 nitrogen and oxygen atoms in total. The molecule has 1 aromatic carbocycles. The summed E-state index contributed by atoms with van der Waals surface area (Å²) >= 11 is 12.4. The first kappa shape index (κ1) is 14.3. The Hall–Kier alpha value is -1.16. The maximum Gasteiger partial charge on any atom is 0.115 e. The molecule has 1 heterocycles. The summed E-state index contributed by atoms with van der Waals surface area (Å²) in [5.41, 5.74) is 1.88. The fourth-order valence-corrected chi connectivity index (χ4v) is 2.52. The van der Waals surface area contributed by atoms with Gasteiger partial charge in [0.2, 0.25) is 0 Å². The zero-order valence-corrected chi connectivity index (χ0v) is 12.1. The minimum atomic E-state index is 0.0744. The van der Waals surface area contributed by atoms with Crippen LogP contribution in [-0.2, 0) is 6.42 Å². The van der Waals surface area contributed by atoms with Gasteiger partial charge in [-0.25, -0.2) is 9.97 Å². The average molecular weight is 296 g/mol. The minimum absolute atomic E-state index is 0.0744. The van der Waals surface area contributed by atoms with E-state index in [2.05, 4.69) is 22.2 Å². The summed E-state index contributed by atoms with van der Waals surface area (Å²) in [7, 11) is 0. The third-order valence-corrected chi connectivity index (χ3v) is 3.59.